The Kier molecular flexibility index (Phi) is 5.05. The smallest absolute Gasteiger partial charge is 0.387 e. The maximum absolute atomic E-state index is 12.0. The molecule has 2 N–H and O–H groups in total. The maximum atomic E-state index is 12.0. The van der Waals surface area contributed by atoms with Crippen molar-refractivity contribution >= 4 is 5.91 Å². The molecule has 23 heavy (non-hydrogen) atoms. The van der Waals surface area contributed by atoms with Crippen LogP contribution < -0.4 is 15.5 Å². The van der Waals surface area contributed by atoms with Crippen molar-refractivity contribution in [3.05, 3.63) is 57.3 Å². The number of pyridine rings is 2. The number of nitrogens with one attached hydrogen (secondary N) is 2. The van der Waals surface area contributed by atoms with Crippen LogP contribution in [-0.4, -0.2) is 22.5 Å². The van der Waals surface area contributed by atoms with Gasteiger partial charge in [0.15, 0.2) is 5.43 Å². The number of aromatic amines is 1. The molecule has 0 aliphatic carbocycles. The van der Waals surface area contributed by atoms with Crippen molar-refractivity contribution in [2.45, 2.75) is 27.0 Å². The first kappa shape index (κ1) is 16.6. The first-order valence-corrected chi connectivity index (χ1v) is 6.75. The molecule has 6 nitrogen and oxygen atoms in total. The average Bonchev–Trinajstić information content (AvgIpc) is 2.52. The van der Waals surface area contributed by atoms with E-state index >= 15 is 0 Å². The molecule has 2 heterocycles. The summed E-state index contributed by atoms with van der Waals surface area (Å²) >= 11 is 0. The van der Waals surface area contributed by atoms with E-state index in [4.69, 9.17) is 0 Å². The summed E-state index contributed by atoms with van der Waals surface area (Å²) in [5, 5.41) is 2.60. The van der Waals surface area contributed by atoms with Crippen molar-refractivity contribution in [2.24, 2.45) is 0 Å². The third-order valence-corrected chi connectivity index (χ3v) is 3.23. The van der Waals surface area contributed by atoms with Gasteiger partial charge in [0.25, 0.3) is 5.91 Å². The third-order valence-electron chi connectivity index (χ3n) is 3.23. The van der Waals surface area contributed by atoms with E-state index in [9.17, 15) is 18.4 Å². The Balaban J connectivity index is 2.02. The lowest BCUT2D eigenvalue weighted by molar-refractivity contribution is -0.0500. The van der Waals surface area contributed by atoms with Gasteiger partial charge in [0.05, 0.1) is 12.7 Å². The number of alkyl halides is 2. The van der Waals surface area contributed by atoms with Gasteiger partial charge in [-0.2, -0.15) is 8.78 Å². The van der Waals surface area contributed by atoms with Crippen LogP contribution in [0.1, 0.15) is 27.3 Å². The van der Waals surface area contributed by atoms with Gasteiger partial charge < -0.3 is 15.0 Å². The van der Waals surface area contributed by atoms with Gasteiger partial charge >= 0.3 is 6.61 Å². The van der Waals surface area contributed by atoms with E-state index in [-0.39, 0.29) is 23.4 Å². The molecule has 2 rings (SSSR count). The van der Waals surface area contributed by atoms with Crippen molar-refractivity contribution in [1.29, 1.82) is 0 Å². The predicted molar refractivity (Wildman–Crippen MR) is 78.6 cm³/mol. The normalized spacial score (nSPS) is 10.7. The van der Waals surface area contributed by atoms with Crippen LogP contribution in [0.15, 0.2) is 29.3 Å². The number of rotatable bonds is 5. The Morgan fingerprint density at radius 1 is 1.39 bits per heavy atom. The number of aromatic nitrogens is 2. The molecule has 0 aromatic carbocycles. The Hall–Kier alpha value is -2.77. The number of ether oxygens (including phenoxy) is 1. The van der Waals surface area contributed by atoms with Crippen LogP contribution in [0.25, 0.3) is 0 Å². The first-order valence-electron chi connectivity index (χ1n) is 6.75. The second-order valence-corrected chi connectivity index (χ2v) is 4.84. The van der Waals surface area contributed by atoms with E-state index in [0.717, 1.165) is 6.20 Å². The van der Waals surface area contributed by atoms with Gasteiger partial charge in [-0.25, -0.2) is 4.98 Å². The first-order chi connectivity index (χ1) is 10.9. The molecule has 1 amide bonds. The Bertz CT molecular complexity index is 758. The third kappa shape index (κ3) is 4.12. The molecule has 0 bridgehead atoms. The highest BCUT2D eigenvalue weighted by molar-refractivity contribution is 5.92. The Morgan fingerprint density at radius 3 is 2.74 bits per heavy atom. The van der Waals surface area contributed by atoms with Gasteiger partial charge in [-0.3, -0.25) is 9.59 Å². The molecule has 2 aromatic heterocycles. The van der Waals surface area contributed by atoms with E-state index in [1.165, 1.54) is 12.1 Å². The molecule has 0 unspecified atom stereocenters. The van der Waals surface area contributed by atoms with Crippen LogP contribution in [0.2, 0.25) is 0 Å². The molecular formula is C15H15F2N3O3. The zero-order chi connectivity index (χ0) is 17.0. The number of nitrogens with zero attached hydrogens (tertiary/aromatic N) is 1. The molecule has 0 saturated heterocycles. The van der Waals surface area contributed by atoms with Crippen LogP contribution in [0, 0.1) is 13.8 Å². The molecular weight excluding hydrogens is 308 g/mol. The predicted octanol–water partition coefficient (Wildman–Crippen LogP) is 1.92. The largest absolute Gasteiger partial charge is 0.433 e. The summed E-state index contributed by atoms with van der Waals surface area (Å²) < 4.78 is 28.2. The highest BCUT2D eigenvalue weighted by atomic mass is 19.3. The van der Waals surface area contributed by atoms with Gasteiger partial charge in [-0.05, 0) is 26.0 Å². The fraction of sp³-hybridized carbons (Fsp3) is 0.267. The molecule has 8 heteroatoms. The highest BCUT2D eigenvalue weighted by Gasteiger charge is 2.11. The number of carbonyl (C=O) groups excluding carboxylic acids is 1. The molecule has 0 fully saturated rings. The Morgan fingerprint density at radius 2 is 2.13 bits per heavy atom. The number of H-pyrrole nitrogens is 1. The molecule has 2 aromatic rings. The van der Waals surface area contributed by atoms with Crippen LogP contribution in [0.4, 0.5) is 8.78 Å². The molecule has 0 aliphatic rings. The Labute approximate surface area is 130 Å². The topological polar surface area (TPSA) is 84.1 Å². The van der Waals surface area contributed by atoms with Crippen LogP contribution in [0.5, 0.6) is 5.75 Å². The summed E-state index contributed by atoms with van der Waals surface area (Å²) in [6.45, 7) is 0.540. The molecule has 122 valence electrons. The summed E-state index contributed by atoms with van der Waals surface area (Å²) in [6.07, 6.45) is 2.62. The summed E-state index contributed by atoms with van der Waals surface area (Å²) in [6, 6.07) is 2.50. The maximum Gasteiger partial charge on any atom is 0.387 e. The quantitative estimate of drug-likeness (QED) is 0.880. The zero-order valence-electron chi connectivity index (χ0n) is 12.5. The van der Waals surface area contributed by atoms with E-state index < -0.39 is 12.5 Å². The number of halogens is 2. The number of hydrogen-bond donors (Lipinski definition) is 2. The summed E-state index contributed by atoms with van der Waals surface area (Å²) in [5.41, 5.74) is 1.68. The van der Waals surface area contributed by atoms with E-state index in [2.05, 4.69) is 20.0 Å². The van der Waals surface area contributed by atoms with Crippen LogP contribution in [-0.2, 0) is 6.54 Å². The van der Waals surface area contributed by atoms with Gasteiger partial charge in [-0.15, -0.1) is 0 Å². The van der Waals surface area contributed by atoms with E-state index in [1.807, 2.05) is 0 Å². The minimum absolute atomic E-state index is 0.0544. The van der Waals surface area contributed by atoms with Crippen LogP contribution >= 0.6 is 0 Å². The van der Waals surface area contributed by atoms with E-state index in [1.54, 1.807) is 20.0 Å². The molecule has 0 saturated carbocycles. The van der Waals surface area contributed by atoms with Gasteiger partial charge in [-0.1, -0.05) is 0 Å². The van der Waals surface area contributed by atoms with Crippen LogP contribution in [0.3, 0.4) is 0 Å². The molecule has 0 aliphatic heterocycles. The number of carbonyl (C=O) groups is 1. The van der Waals surface area contributed by atoms with Crippen molar-refractivity contribution < 1.29 is 18.3 Å². The molecule has 0 atom stereocenters. The fourth-order valence-corrected chi connectivity index (χ4v) is 1.93. The van der Waals surface area contributed by atoms with Crippen molar-refractivity contribution in [3.63, 3.8) is 0 Å². The lowest BCUT2D eigenvalue weighted by Crippen LogP contribution is -2.26. The highest BCUT2D eigenvalue weighted by Crippen LogP contribution is 2.12. The lowest BCUT2D eigenvalue weighted by atomic mass is 10.1. The van der Waals surface area contributed by atoms with Crippen molar-refractivity contribution in [1.82, 2.24) is 15.3 Å². The lowest BCUT2D eigenvalue weighted by Gasteiger charge is -2.09. The van der Waals surface area contributed by atoms with E-state index in [0.29, 0.717) is 16.8 Å². The number of amides is 1. The average molecular weight is 323 g/mol. The second-order valence-electron chi connectivity index (χ2n) is 4.84. The molecule has 0 radical (unpaired) electrons. The SMILES string of the molecule is Cc1c[nH]c(CNC(=O)c2ccc(OC(F)F)cn2)c(C)c1=O. The zero-order valence-corrected chi connectivity index (χ0v) is 12.5. The summed E-state index contributed by atoms with van der Waals surface area (Å²) in [5.74, 6) is -0.621. The number of hydrogen-bond acceptors (Lipinski definition) is 4. The van der Waals surface area contributed by atoms with Crippen molar-refractivity contribution in [3.8, 4) is 5.75 Å². The molecule has 0 spiro atoms. The fourth-order valence-electron chi connectivity index (χ4n) is 1.93. The van der Waals surface area contributed by atoms with Gasteiger partial charge in [0.2, 0.25) is 0 Å². The number of aryl methyl sites for hydroxylation is 1. The standard InChI is InChI=1S/C15H15F2N3O3/c1-8-5-18-12(9(2)13(8)21)7-20-14(22)11-4-3-10(6-19-11)23-15(16)17/h3-6,15H,7H2,1-2H3,(H,18,21)(H,20,22). The van der Waals surface area contributed by atoms with Gasteiger partial charge in [0, 0.05) is 23.0 Å². The van der Waals surface area contributed by atoms with Gasteiger partial charge in [0.1, 0.15) is 11.4 Å². The monoisotopic (exact) mass is 323 g/mol. The minimum atomic E-state index is -2.95. The summed E-state index contributed by atoms with van der Waals surface area (Å²) in [4.78, 5) is 30.5. The van der Waals surface area contributed by atoms with Crippen molar-refractivity contribution in [2.75, 3.05) is 0 Å². The summed E-state index contributed by atoms with van der Waals surface area (Å²) in [7, 11) is 0. The second kappa shape index (κ2) is 6.99. The minimum Gasteiger partial charge on any atom is -0.433 e.